The summed E-state index contributed by atoms with van der Waals surface area (Å²) >= 11 is 0. The minimum Gasteiger partial charge on any atom is -0.356 e. The molecule has 1 N–H and O–H groups in total. The standard InChI is InChI=1S/C20H24N6O/c1-14-7-9-25(10-8-14)19-16-11-23-26(20(16)22-13-21-19)12-18(27)24-17-6-4-3-5-15(17)2/h3-6,11,13-14H,7-10,12H2,1-2H3,(H,24,27). The predicted molar refractivity (Wildman–Crippen MR) is 106 cm³/mol. The van der Waals surface area contributed by atoms with Gasteiger partial charge in [-0.05, 0) is 37.3 Å². The fourth-order valence-corrected chi connectivity index (χ4v) is 3.51. The highest BCUT2D eigenvalue weighted by atomic mass is 16.2. The van der Waals surface area contributed by atoms with Gasteiger partial charge in [0.2, 0.25) is 5.91 Å². The van der Waals surface area contributed by atoms with E-state index in [1.54, 1.807) is 17.2 Å². The number of carbonyl (C=O) groups is 1. The Morgan fingerprint density at radius 2 is 2.00 bits per heavy atom. The molecule has 4 rings (SSSR count). The van der Waals surface area contributed by atoms with E-state index in [1.165, 1.54) is 12.8 Å². The highest BCUT2D eigenvalue weighted by Gasteiger charge is 2.21. The molecule has 0 radical (unpaired) electrons. The zero-order valence-electron chi connectivity index (χ0n) is 15.7. The molecule has 3 heterocycles. The van der Waals surface area contributed by atoms with Crippen LogP contribution in [0.5, 0.6) is 0 Å². The number of anilines is 2. The van der Waals surface area contributed by atoms with Crippen LogP contribution >= 0.6 is 0 Å². The van der Waals surface area contributed by atoms with Gasteiger partial charge in [0.1, 0.15) is 18.7 Å². The van der Waals surface area contributed by atoms with Crippen molar-refractivity contribution < 1.29 is 4.79 Å². The lowest BCUT2D eigenvalue weighted by molar-refractivity contribution is -0.116. The van der Waals surface area contributed by atoms with Gasteiger partial charge < -0.3 is 10.2 Å². The van der Waals surface area contributed by atoms with Crippen molar-refractivity contribution in [1.29, 1.82) is 0 Å². The maximum Gasteiger partial charge on any atom is 0.246 e. The number of nitrogens with zero attached hydrogens (tertiary/aromatic N) is 5. The van der Waals surface area contributed by atoms with Gasteiger partial charge in [-0.1, -0.05) is 25.1 Å². The molecule has 0 bridgehead atoms. The molecular weight excluding hydrogens is 340 g/mol. The fourth-order valence-electron chi connectivity index (χ4n) is 3.51. The third kappa shape index (κ3) is 3.63. The summed E-state index contributed by atoms with van der Waals surface area (Å²) in [4.78, 5) is 23.6. The highest BCUT2D eigenvalue weighted by Crippen LogP contribution is 2.27. The molecule has 0 spiro atoms. The molecule has 1 aromatic carbocycles. The summed E-state index contributed by atoms with van der Waals surface area (Å²) in [6, 6.07) is 7.72. The SMILES string of the molecule is Cc1ccccc1NC(=O)Cn1ncc2c(N3CCC(C)CC3)ncnc21. The minimum absolute atomic E-state index is 0.116. The van der Waals surface area contributed by atoms with E-state index in [4.69, 9.17) is 0 Å². The largest absolute Gasteiger partial charge is 0.356 e. The number of aromatic nitrogens is 4. The number of piperidine rings is 1. The molecule has 0 aliphatic carbocycles. The van der Waals surface area contributed by atoms with Crippen molar-refractivity contribution >= 4 is 28.4 Å². The van der Waals surface area contributed by atoms with Crippen molar-refractivity contribution in [3.05, 3.63) is 42.4 Å². The molecule has 27 heavy (non-hydrogen) atoms. The number of amides is 1. The smallest absolute Gasteiger partial charge is 0.246 e. The van der Waals surface area contributed by atoms with E-state index in [9.17, 15) is 4.79 Å². The lowest BCUT2D eigenvalue weighted by Crippen LogP contribution is -2.33. The van der Waals surface area contributed by atoms with Gasteiger partial charge in [-0.2, -0.15) is 5.10 Å². The Morgan fingerprint density at radius 3 is 2.78 bits per heavy atom. The van der Waals surface area contributed by atoms with Crippen LogP contribution in [0.15, 0.2) is 36.8 Å². The van der Waals surface area contributed by atoms with Crippen LogP contribution in [0.1, 0.15) is 25.3 Å². The van der Waals surface area contributed by atoms with Crippen LogP contribution in [0.3, 0.4) is 0 Å². The third-order valence-electron chi connectivity index (χ3n) is 5.21. The van der Waals surface area contributed by atoms with E-state index in [1.807, 2.05) is 31.2 Å². The van der Waals surface area contributed by atoms with Gasteiger partial charge in [-0.3, -0.25) is 4.79 Å². The summed E-state index contributed by atoms with van der Waals surface area (Å²) in [5.74, 6) is 1.55. The molecule has 7 nitrogen and oxygen atoms in total. The number of para-hydroxylation sites is 1. The van der Waals surface area contributed by atoms with Crippen molar-refractivity contribution in [1.82, 2.24) is 19.7 Å². The normalized spacial score (nSPS) is 15.3. The van der Waals surface area contributed by atoms with E-state index in [-0.39, 0.29) is 12.5 Å². The maximum absolute atomic E-state index is 12.5. The third-order valence-corrected chi connectivity index (χ3v) is 5.21. The molecule has 1 aliphatic heterocycles. The van der Waals surface area contributed by atoms with E-state index < -0.39 is 0 Å². The molecule has 2 aromatic heterocycles. The summed E-state index contributed by atoms with van der Waals surface area (Å²) in [5, 5.41) is 8.24. The van der Waals surface area contributed by atoms with Crippen molar-refractivity contribution in [2.45, 2.75) is 33.2 Å². The monoisotopic (exact) mass is 364 g/mol. The molecule has 0 saturated carbocycles. The molecule has 1 amide bonds. The van der Waals surface area contributed by atoms with Crippen LogP contribution in [0, 0.1) is 12.8 Å². The van der Waals surface area contributed by atoms with Crippen molar-refractivity contribution in [2.75, 3.05) is 23.3 Å². The van der Waals surface area contributed by atoms with E-state index in [0.717, 1.165) is 41.5 Å². The lowest BCUT2D eigenvalue weighted by atomic mass is 9.99. The Bertz CT molecular complexity index is 958. The van der Waals surface area contributed by atoms with E-state index in [0.29, 0.717) is 5.65 Å². The number of hydrogen-bond donors (Lipinski definition) is 1. The summed E-state index contributed by atoms with van der Waals surface area (Å²) in [5.41, 5.74) is 2.54. The van der Waals surface area contributed by atoms with Gasteiger partial charge >= 0.3 is 0 Å². The molecule has 1 fully saturated rings. The number of fused-ring (bicyclic) bond motifs is 1. The molecule has 0 unspecified atom stereocenters. The molecule has 0 atom stereocenters. The summed E-state index contributed by atoms with van der Waals surface area (Å²) in [7, 11) is 0. The van der Waals surface area contributed by atoms with Gasteiger partial charge in [-0.25, -0.2) is 14.6 Å². The quantitative estimate of drug-likeness (QED) is 0.770. The topological polar surface area (TPSA) is 75.9 Å². The van der Waals surface area contributed by atoms with Crippen LogP contribution in [-0.4, -0.2) is 38.7 Å². The summed E-state index contributed by atoms with van der Waals surface area (Å²) in [6.07, 6.45) is 5.66. The van der Waals surface area contributed by atoms with Crippen LogP contribution in [0.4, 0.5) is 11.5 Å². The van der Waals surface area contributed by atoms with E-state index >= 15 is 0 Å². The van der Waals surface area contributed by atoms with E-state index in [2.05, 4.69) is 32.2 Å². The average Bonchev–Trinajstić information content (AvgIpc) is 3.07. The molecule has 1 aliphatic rings. The van der Waals surface area contributed by atoms with Gasteiger partial charge in [0, 0.05) is 18.8 Å². The van der Waals surface area contributed by atoms with Crippen molar-refractivity contribution in [3.8, 4) is 0 Å². The second-order valence-corrected chi connectivity index (χ2v) is 7.27. The number of aryl methyl sites for hydroxylation is 1. The number of carbonyl (C=O) groups excluding carboxylic acids is 1. The molecule has 7 heteroatoms. The second kappa shape index (κ2) is 7.34. The Kier molecular flexibility index (Phi) is 4.75. The number of hydrogen-bond acceptors (Lipinski definition) is 5. The zero-order chi connectivity index (χ0) is 18.8. The summed E-state index contributed by atoms with van der Waals surface area (Å²) < 4.78 is 1.64. The number of rotatable bonds is 4. The highest BCUT2D eigenvalue weighted by molar-refractivity contribution is 5.93. The lowest BCUT2D eigenvalue weighted by Gasteiger charge is -2.31. The Labute approximate surface area is 158 Å². The van der Waals surface area contributed by atoms with Gasteiger partial charge in [0.15, 0.2) is 5.65 Å². The Morgan fingerprint density at radius 1 is 1.22 bits per heavy atom. The van der Waals surface area contributed by atoms with Crippen LogP contribution in [-0.2, 0) is 11.3 Å². The van der Waals surface area contributed by atoms with Crippen molar-refractivity contribution in [3.63, 3.8) is 0 Å². The molecule has 140 valence electrons. The number of nitrogens with one attached hydrogen (secondary N) is 1. The Hall–Kier alpha value is -2.96. The molecular formula is C20H24N6O. The zero-order valence-corrected chi connectivity index (χ0v) is 15.7. The molecule has 1 saturated heterocycles. The van der Waals surface area contributed by atoms with Gasteiger partial charge in [0.25, 0.3) is 0 Å². The van der Waals surface area contributed by atoms with Crippen LogP contribution in [0.25, 0.3) is 11.0 Å². The summed E-state index contributed by atoms with van der Waals surface area (Å²) in [6.45, 7) is 6.36. The van der Waals surface area contributed by atoms with Crippen molar-refractivity contribution in [2.24, 2.45) is 5.92 Å². The number of benzene rings is 1. The van der Waals surface area contributed by atoms with Crippen LogP contribution < -0.4 is 10.2 Å². The Balaban J connectivity index is 1.54. The first-order valence-corrected chi connectivity index (χ1v) is 9.39. The first kappa shape index (κ1) is 17.5. The predicted octanol–water partition coefficient (Wildman–Crippen LogP) is 3.01. The first-order chi connectivity index (χ1) is 13.1. The van der Waals surface area contributed by atoms with Gasteiger partial charge in [0.05, 0.1) is 11.6 Å². The molecule has 3 aromatic rings. The first-order valence-electron chi connectivity index (χ1n) is 9.39. The maximum atomic E-state index is 12.5. The fraction of sp³-hybridized carbons (Fsp3) is 0.400. The van der Waals surface area contributed by atoms with Crippen LogP contribution in [0.2, 0.25) is 0 Å². The second-order valence-electron chi connectivity index (χ2n) is 7.27. The average molecular weight is 364 g/mol. The minimum atomic E-state index is -0.124. The van der Waals surface area contributed by atoms with Gasteiger partial charge in [-0.15, -0.1) is 0 Å².